The lowest BCUT2D eigenvalue weighted by molar-refractivity contribution is -0.332. The van der Waals surface area contributed by atoms with Gasteiger partial charge in [0.2, 0.25) is 0 Å². The van der Waals surface area contributed by atoms with Gasteiger partial charge in [-0.1, -0.05) is 290 Å². The Bertz CT molecular complexity index is 1310. The molecule has 2 aliphatic rings. The quantitative estimate of drug-likeness (QED) is 0.0223. The molecule has 2 aliphatic heterocycles. The lowest BCUT2D eigenvalue weighted by Gasteiger charge is -2.42. The Labute approximate surface area is 482 Å². The average Bonchev–Trinajstić information content (AvgIpc) is 3.46. The summed E-state index contributed by atoms with van der Waals surface area (Å²) in [7, 11) is 0. The van der Waals surface area contributed by atoms with E-state index in [0.29, 0.717) is 6.61 Å². The number of carbonyl (C=O) groups excluding carboxylic acids is 1. The van der Waals surface area contributed by atoms with Gasteiger partial charge in [-0.3, -0.25) is 4.79 Å². The fraction of sp³-hybridized carbons (Fsp3) is 0.985. The zero-order valence-corrected chi connectivity index (χ0v) is 50.9. The maximum atomic E-state index is 13.1. The molecule has 7 N–H and O–H groups in total. The molecule has 0 aromatic heterocycles. The number of aliphatic hydroxyl groups is 7. The van der Waals surface area contributed by atoms with Gasteiger partial charge in [-0.2, -0.15) is 0 Å². The number of hydrogen-bond donors (Lipinski definition) is 7. The maximum Gasteiger partial charge on any atom is 0.306 e. The second-order valence-electron chi connectivity index (χ2n) is 24.0. The van der Waals surface area contributed by atoms with Crippen LogP contribution in [0, 0.1) is 0 Å². The zero-order valence-electron chi connectivity index (χ0n) is 50.9. The van der Waals surface area contributed by atoms with Crippen LogP contribution in [0.2, 0.25) is 0 Å². The van der Waals surface area contributed by atoms with E-state index < -0.39 is 80.7 Å². The third-order valence-electron chi connectivity index (χ3n) is 16.6. The van der Waals surface area contributed by atoms with E-state index in [1.54, 1.807) is 0 Å². The van der Waals surface area contributed by atoms with Crippen LogP contribution in [-0.2, 0) is 33.2 Å². The third kappa shape index (κ3) is 38.5. The number of unbranched alkanes of at least 4 members (excludes halogenated alkanes) is 43. The molecule has 0 saturated carbocycles. The number of ether oxygens (including phenoxy) is 6. The van der Waals surface area contributed by atoms with E-state index in [1.165, 1.54) is 244 Å². The summed E-state index contributed by atoms with van der Waals surface area (Å²) in [5, 5.41) is 72.5. The lowest BCUT2D eigenvalue weighted by atomic mass is 9.98. The molecule has 2 fully saturated rings. The normalized spacial score (nSPS) is 23.9. The molecular weight excluding hydrogens is 1000 g/mol. The fourth-order valence-electron chi connectivity index (χ4n) is 11.2. The molecule has 0 bridgehead atoms. The Morgan fingerprint density at radius 1 is 0.367 bits per heavy atom. The van der Waals surface area contributed by atoms with Gasteiger partial charge in [0.1, 0.15) is 54.9 Å². The number of rotatable bonds is 57. The summed E-state index contributed by atoms with van der Waals surface area (Å²) >= 11 is 0. The van der Waals surface area contributed by atoms with Gasteiger partial charge in [-0.05, 0) is 12.8 Å². The summed E-state index contributed by atoms with van der Waals surface area (Å²) in [5.74, 6) is -0.365. The van der Waals surface area contributed by atoms with Crippen LogP contribution in [0.1, 0.15) is 309 Å². The van der Waals surface area contributed by atoms with Gasteiger partial charge < -0.3 is 64.2 Å². The SMILES string of the molecule is CCCCCCCCCCCCCCCCCCCCCCCCCCOCC(COC1OC(COC2OC(CO)C(O)C(O)C2O)C(O)C(O)C1O)OC(=O)CCCCCCCCCCCCCCCCCCCCCCC. The van der Waals surface area contributed by atoms with Crippen LogP contribution in [-0.4, -0.2) is 142 Å². The van der Waals surface area contributed by atoms with Crippen molar-refractivity contribution in [1.82, 2.24) is 0 Å². The molecule has 2 rings (SSSR count). The van der Waals surface area contributed by atoms with Gasteiger partial charge in [-0.15, -0.1) is 0 Å². The predicted molar refractivity (Wildman–Crippen MR) is 317 cm³/mol. The van der Waals surface area contributed by atoms with Crippen molar-refractivity contribution < 1.29 is 69.0 Å². The molecule has 0 aromatic rings. The second kappa shape index (κ2) is 52.5. The summed E-state index contributed by atoms with van der Waals surface area (Å²) in [5.41, 5.74) is 0. The van der Waals surface area contributed by atoms with Crippen LogP contribution in [0.4, 0.5) is 0 Å². The van der Waals surface area contributed by atoms with Crippen LogP contribution in [0.15, 0.2) is 0 Å². The van der Waals surface area contributed by atoms with E-state index in [1.807, 2.05) is 0 Å². The highest BCUT2D eigenvalue weighted by Crippen LogP contribution is 2.27. The lowest BCUT2D eigenvalue weighted by Crippen LogP contribution is -2.61. The summed E-state index contributed by atoms with van der Waals surface area (Å²) in [4.78, 5) is 13.1. The standard InChI is InChI=1S/C65H126O14/c1-3-5-7-9-11-13-15-17-19-21-23-25-26-27-29-31-33-35-37-39-41-43-45-47-49-74-51-54(52-75-64-63(73)61(71)59(69)56(79-64)53-76-65-62(72)60(70)58(68)55(50-66)78-65)77-57(67)48-46-44-42-40-38-36-34-32-30-28-24-22-20-18-16-14-12-10-8-6-4-2/h54-56,58-66,68-73H,3-53H2,1-2H3. The van der Waals surface area contributed by atoms with E-state index in [0.717, 1.165) is 44.9 Å². The van der Waals surface area contributed by atoms with Crippen LogP contribution in [0.3, 0.4) is 0 Å². The molecule has 0 aromatic carbocycles. The Morgan fingerprint density at radius 2 is 0.671 bits per heavy atom. The number of esters is 1. The Balaban J connectivity index is 1.64. The van der Waals surface area contributed by atoms with Gasteiger partial charge >= 0.3 is 5.97 Å². The summed E-state index contributed by atoms with van der Waals surface area (Å²) in [6, 6.07) is 0. The first-order valence-corrected chi connectivity index (χ1v) is 33.6. The molecule has 2 heterocycles. The Hall–Kier alpha value is -1.01. The first-order chi connectivity index (χ1) is 38.6. The monoisotopic (exact) mass is 1130 g/mol. The van der Waals surface area contributed by atoms with Crippen molar-refractivity contribution in [2.24, 2.45) is 0 Å². The molecule has 14 heteroatoms. The van der Waals surface area contributed by atoms with E-state index in [9.17, 15) is 40.5 Å². The molecule has 0 radical (unpaired) electrons. The summed E-state index contributed by atoms with van der Waals surface area (Å²) in [6.07, 6.45) is 43.2. The summed E-state index contributed by atoms with van der Waals surface area (Å²) in [6.45, 7) is 3.79. The minimum absolute atomic E-state index is 0.0715. The Kier molecular flexibility index (Phi) is 49.3. The fourth-order valence-corrected chi connectivity index (χ4v) is 11.2. The number of carbonyl (C=O) groups is 1. The maximum absolute atomic E-state index is 13.1. The van der Waals surface area contributed by atoms with E-state index in [-0.39, 0.29) is 25.6 Å². The minimum atomic E-state index is -1.70. The zero-order chi connectivity index (χ0) is 57.2. The van der Waals surface area contributed by atoms with Crippen molar-refractivity contribution in [2.75, 3.05) is 33.0 Å². The molecule has 0 aliphatic carbocycles. The minimum Gasteiger partial charge on any atom is -0.457 e. The number of aliphatic hydroxyl groups excluding tert-OH is 7. The third-order valence-corrected chi connectivity index (χ3v) is 16.6. The molecule has 470 valence electrons. The Morgan fingerprint density at radius 3 is 1.03 bits per heavy atom. The van der Waals surface area contributed by atoms with Crippen molar-refractivity contribution in [3.05, 3.63) is 0 Å². The molecular formula is C65H126O14. The van der Waals surface area contributed by atoms with E-state index in [4.69, 9.17) is 28.4 Å². The molecule has 2 saturated heterocycles. The van der Waals surface area contributed by atoms with Crippen LogP contribution in [0.25, 0.3) is 0 Å². The van der Waals surface area contributed by atoms with Gasteiger partial charge in [0.25, 0.3) is 0 Å². The first kappa shape index (κ1) is 74.1. The molecule has 0 spiro atoms. The van der Waals surface area contributed by atoms with Gasteiger partial charge in [-0.25, -0.2) is 0 Å². The van der Waals surface area contributed by atoms with Crippen molar-refractivity contribution >= 4 is 5.97 Å². The molecule has 11 atom stereocenters. The second-order valence-corrected chi connectivity index (χ2v) is 24.0. The van der Waals surface area contributed by atoms with E-state index >= 15 is 0 Å². The van der Waals surface area contributed by atoms with E-state index in [2.05, 4.69) is 13.8 Å². The average molecular weight is 1130 g/mol. The smallest absolute Gasteiger partial charge is 0.306 e. The van der Waals surface area contributed by atoms with Crippen LogP contribution >= 0.6 is 0 Å². The first-order valence-electron chi connectivity index (χ1n) is 33.6. The molecule has 0 amide bonds. The topological polar surface area (TPSA) is 214 Å². The predicted octanol–water partition coefficient (Wildman–Crippen LogP) is 13.5. The highest BCUT2D eigenvalue weighted by atomic mass is 16.7. The van der Waals surface area contributed by atoms with Crippen molar-refractivity contribution in [3.63, 3.8) is 0 Å². The molecule has 11 unspecified atom stereocenters. The summed E-state index contributed by atoms with van der Waals surface area (Å²) < 4.78 is 34.5. The highest BCUT2D eigenvalue weighted by Gasteiger charge is 2.47. The van der Waals surface area contributed by atoms with Gasteiger partial charge in [0, 0.05) is 13.0 Å². The molecule has 79 heavy (non-hydrogen) atoms. The van der Waals surface area contributed by atoms with Crippen LogP contribution < -0.4 is 0 Å². The van der Waals surface area contributed by atoms with Crippen molar-refractivity contribution in [3.8, 4) is 0 Å². The van der Waals surface area contributed by atoms with Crippen LogP contribution in [0.5, 0.6) is 0 Å². The van der Waals surface area contributed by atoms with Crippen molar-refractivity contribution in [2.45, 2.75) is 377 Å². The van der Waals surface area contributed by atoms with Gasteiger partial charge in [0.15, 0.2) is 12.6 Å². The van der Waals surface area contributed by atoms with Crippen molar-refractivity contribution in [1.29, 1.82) is 0 Å². The number of hydrogen-bond acceptors (Lipinski definition) is 14. The molecule has 14 nitrogen and oxygen atoms in total. The van der Waals surface area contributed by atoms with Gasteiger partial charge in [0.05, 0.1) is 26.4 Å². The highest BCUT2D eigenvalue weighted by molar-refractivity contribution is 5.69. The largest absolute Gasteiger partial charge is 0.457 e.